The first kappa shape index (κ1) is 13.7. The molecule has 0 aromatic heterocycles. The summed E-state index contributed by atoms with van der Waals surface area (Å²) in [4.78, 5) is 11.6. The molecule has 0 atom stereocenters. The van der Waals surface area contributed by atoms with Crippen molar-refractivity contribution in [2.24, 2.45) is 0 Å². The van der Waals surface area contributed by atoms with Crippen LogP contribution in [0.1, 0.15) is 19.4 Å². The quantitative estimate of drug-likeness (QED) is 0.822. The molecule has 88 valence electrons. The lowest BCUT2D eigenvalue weighted by molar-refractivity contribution is -0.116. The van der Waals surface area contributed by atoms with E-state index in [2.05, 4.69) is 15.9 Å². The Kier molecular flexibility index (Phi) is 5.49. The van der Waals surface area contributed by atoms with Crippen LogP contribution >= 0.6 is 27.7 Å². The standard InChI is InChI=1S/C12H14BrFOS/c1-8(2)16-7-11(15)6-9-5-10(13)3-4-12(9)14/h3-5,8H,6-7H2,1-2H3. The Morgan fingerprint density at radius 3 is 2.81 bits per heavy atom. The van der Waals surface area contributed by atoms with E-state index in [0.717, 1.165) is 4.47 Å². The number of hydrogen-bond acceptors (Lipinski definition) is 2. The van der Waals surface area contributed by atoms with Gasteiger partial charge in [0.25, 0.3) is 0 Å². The fourth-order valence-corrected chi connectivity index (χ4v) is 2.23. The van der Waals surface area contributed by atoms with Gasteiger partial charge in [0.05, 0.1) is 5.75 Å². The van der Waals surface area contributed by atoms with E-state index in [1.807, 2.05) is 13.8 Å². The lowest BCUT2D eigenvalue weighted by Crippen LogP contribution is -2.09. The van der Waals surface area contributed by atoms with Gasteiger partial charge in [-0.1, -0.05) is 29.8 Å². The van der Waals surface area contributed by atoms with Gasteiger partial charge in [0.2, 0.25) is 0 Å². The van der Waals surface area contributed by atoms with Gasteiger partial charge in [0.1, 0.15) is 11.6 Å². The van der Waals surface area contributed by atoms with Crippen molar-refractivity contribution >= 4 is 33.5 Å². The second kappa shape index (κ2) is 6.40. The minimum absolute atomic E-state index is 0.0655. The average molecular weight is 305 g/mol. The van der Waals surface area contributed by atoms with Gasteiger partial charge in [-0.15, -0.1) is 0 Å². The summed E-state index contributed by atoms with van der Waals surface area (Å²) in [5, 5.41) is 0.427. The zero-order valence-electron chi connectivity index (χ0n) is 9.30. The molecule has 0 saturated carbocycles. The van der Waals surface area contributed by atoms with Crippen molar-refractivity contribution < 1.29 is 9.18 Å². The summed E-state index contributed by atoms with van der Waals surface area (Å²) >= 11 is 4.85. The molecule has 0 aliphatic rings. The van der Waals surface area contributed by atoms with Crippen LogP contribution in [0, 0.1) is 5.82 Å². The van der Waals surface area contributed by atoms with Crippen LogP contribution in [0.3, 0.4) is 0 Å². The summed E-state index contributed by atoms with van der Waals surface area (Å²) in [5.41, 5.74) is 0.462. The number of carbonyl (C=O) groups is 1. The molecule has 0 fully saturated rings. The Morgan fingerprint density at radius 1 is 1.50 bits per heavy atom. The third-order valence-electron chi connectivity index (χ3n) is 1.97. The second-order valence-electron chi connectivity index (χ2n) is 3.81. The van der Waals surface area contributed by atoms with E-state index in [-0.39, 0.29) is 18.0 Å². The predicted octanol–water partition coefficient (Wildman–Crippen LogP) is 3.84. The number of thioether (sulfide) groups is 1. The minimum atomic E-state index is -0.314. The number of carbonyl (C=O) groups excluding carboxylic acids is 1. The third kappa shape index (κ3) is 4.66. The van der Waals surface area contributed by atoms with E-state index < -0.39 is 0 Å². The van der Waals surface area contributed by atoms with E-state index >= 15 is 0 Å². The maximum Gasteiger partial charge on any atom is 0.147 e. The van der Waals surface area contributed by atoms with Crippen molar-refractivity contribution in [3.63, 3.8) is 0 Å². The van der Waals surface area contributed by atoms with E-state index in [4.69, 9.17) is 0 Å². The molecule has 0 spiro atoms. The highest BCUT2D eigenvalue weighted by atomic mass is 79.9. The molecular weight excluding hydrogens is 291 g/mol. The molecular formula is C12H14BrFOS. The maximum absolute atomic E-state index is 13.3. The molecule has 0 heterocycles. The SMILES string of the molecule is CC(C)SCC(=O)Cc1cc(Br)ccc1F. The molecule has 0 saturated heterocycles. The lowest BCUT2D eigenvalue weighted by atomic mass is 10.1. The molecule has 0 aliphatic carbocycles. The number of Topliss-reactive ketones (excluding diaryl/α,β-unsaturated/α-hetero) is 1. The monoisotopic (exact) mass is 304 g/mol. The molecule has 0 N–H and O–H groups in total. The van der Waals surface area contributed by atoms with E-state index in [1.165, 1.54) is 6.07 Å². The third-order valence-corrected chi connectivity index (χ3v) is 3.62. The highest BCUT2D eigenvalue weighted by molar-refractivity contribution is 9.10. The second-order valence-corrected chi connectivity index (χ2v) is 6.29. The molecule has 0 unspecified atom stereocenters. The summed E-state index contributed by atoms with van der Waals surface area (Å²) in [6.07, 6.45) is 0.172. The van der Waals surface area contributed by atoms with Crippen molar-refractivity contribution in [1.82, 2.24) is 0 Å². The summed E-state index contributed by atoms with van der Waals surface area (Å²) < 4.78 is 14.1. The highest BCUT2D eigenvalue weighted by Crippen LogP contribution is 2.17. The van der Waals surface area contributed by atoms with Gasteiger partial charge >= 0.3 is 0 Å². The molecule has 0 amide bonds. The van der Waals surface area contributed by atoms with E-state index in [1.54, 1.807) is 23.9 Å². The largest absolute Gasteiger partial charge is 0.298 e. The first-order chi connectivity index (χ1) is 7.49. The van der Waals surface area contributed by atoms with Crippen molar-refractivity contribution in [2.75, 3.05) is 5.75 Å². The lowest BCUT2D eigenvalue weighted by Gasteiger charge is -2.05. The number of ketones is 1. The molecule has 1 rings (SSSR count). The number of rotatable bonds is 5. The van der Waals surface area contributed by atoms with Gasteiger partial charge in [0.15, 0.2) is 0 Å². The smallest absolute Gasteiger partial charge is 0.147 e. The van der Waals surface area contributed by atoms with Crippen LogP contribution in [-0.4, -0.2) is 16.8 Å². The van der Waals surface area contributed by atoms with Crippen LogP contribution < -0.4 is 0 Å². The number of benzene rings is 1. The van der Waals surface area contributed by atoms with Crippen LogP contribution in [0.2, 0.25) is 0 Å². The van der Waals surface area contributed by atoms with E-state index in [9.17, 15) is 9.18 Å². The Balaban J connectivity index is 2.59. The zero-order chi connectivity index (χ0) is 12.1. The first-order valence-corrected chi connectivity index (χ1v) is 6.90. The Morgan fingerprint density at radius 2 is 2.19 bits per heavy atom. The fraction of sp³-hybridized carbons (Fsp3) is 0.417. The highest BCUT2D eigenvalue weighted by Gasteiger charge is 2.09. The normalized spacial score (nSPS) is 10.8. The molecule has 0 bridgehead atoms. The summed E-state index contributed by atoms with van der Waals surface area (Å²) in [7, 11) is 0. The van der Waals surface area contributed by atoms with Crippen LogP contribution in [0.25, 0.3) is 0 Å². The Hall–Kier alpha value is -0.350. The molecule has 0 radical (unpaired) electrons. The van der Waals surface area contributed by atoms with Gasteiger partial charge in [-0.3, -0.25) is 4.79 Å². The predicted molar refractivity (Wildman–Crippen MR) is 70.4 cm³/mol. The summed E-state index contributed by atoms with van der Waals surface area (Å²) in [6, 6.07) is 4.67. The van der Waals surface area contributed by atoms with Gasteiger partial charge in [0, 0.05) is 10.9 Å². The number of halogens is 2. The topological polar surface area (TPSA) is 17.1 Å². The molecule has 1 nitrogen and oxygen atoms in total. The van der Waals surface area contributed by atoms with Gasteiger partial charge in [-0.05, 0) is 29.0 Å². The number of hydrogen-bond donors (Lipinski definition) is 0. The molecule has 1 aromatic rings. The van der Waals surface area contributed by atoms with Crippen LogP contribution in [-0.2, 0) is 11.2 Å². The van der Waals surface area contributed by atoms with Crippen molar-refractivity contribution in [2.45, 2.75) is 25.5 Å². The summed E-state index contributed by atoms with van der Waals surface area (Å²) in [6.45, 7) is 4.08. The molecule has 1 aromatic carbocycles. The fourth-order valence-electron chi connectivity index (χ4n) is 1.20. The Labute approximate surface area is 108 Å². The van der Waals surface area contributed by atoms with Crippen LogP contribution in [0.5, 0.6) is 0 Å². The van der Waals surface area contributed by atoms with Crippen molar-refractivity contribution in [3.8, 4) is 0 Å². The zero-order valence-corrected chi connectivity index (χ0v) is 11.7. The first-order valence-electron chi connectivity index (χ1n) is 5.06. The molecule has 4 heteroatoms. The van der Waals surface area contributed by atoms with Crippen LogP contribution in [0.15, 0.2) is 22.7 Å². The minimum Gasteiger partial charge on any atom is -0.298 e. The molecule has 16 heavy (non-hydrogen) atoms. The van der Waals surface area contributed by atoms with Gasteiger partial charge in [-0.25, -0.2) is 4.39 Å². The van der Waals surface area contributed by atoms with E-state index in [0.29, 0.717) is 16.6 Å². The van der Waals surface area contributed by atoms with Crippen molar-refractivity contribution in [1.29, 1.82) is 0 Å². The van der Waals surface area contributed by atoms with Gasteiger partial charge in [-0.2, -0.15) is 11.8 Å². The van der Waals surface area contributed by atoms with Crippen molar-refractivity contribution in [3.05, 3.63) is 34.1 Å². The average Bonchev–Trinajstić information content (AvgIpc) is 2.20. The van der Waals surface area contributed by atoms with Gasteiger partial charge < -0.3 is 0 Å². The Bertz CT molecular complexity index is 379. The molecule has 0 aliphatic heterocycles. The van der Waals surface area contributed by atoms with Crippen LogP contribution in [0.4, 0.5) is 4.39 Å². The summed E-state index contributed by atoms with van der Waals surface area (Å²) in [5.74, 6) is 0.200. The maximum atomic E-state index is 13.3.